The molecule has 1 amide bonds. The summed E-state index contributed by atoms with van der Waals surface area (Å²) in [5.41, 5.74) is 3.60. The Balaban J connectivity index is 1.85. The second-order valence-corrected chi connectivity index (χ2v) is 7.38. The van der Waals surface area contributed by atoms with Crippen molar-refractivity contribution in [2.75, 3.05) is 43.8 Å². The van der Waals surface area contributed by atoms with Gasteiger partial charge in [-0.1, -0.05) is 51.3 Å². The largest absolute Gasteiger partial charge is 0.499 e. The van der Waals surface area contributed by atoms with E-state index in [1.807, 2.05) is 36.4 Å². The van der Waals surface area contributed by atoms with Crippen molar-refractivity contribution in [2.45, 2.75) is 19.3 Å². The summed E-state index contributed by atoms with van der Waals surface area (Å²) < 4.78 is 14.9. The molecule has 0 unspecified atom stereocenters. The monoisotopic (exact) mass is 456 g/mol. The molecule has 8 nitrogen and oxygen atoms in total. The van der Waals surface area contributed by atoms with Crippen LogP contribution in [0.4, 0.5) is 16.2 Å². The van der Waals surface area contributed by atoms with Gasteiger partial charge in [0.25, 0.3) is 0 Å². The number of anilines is 2. The van der Waals surface area contributed by atoms with Gasteiger partial charge in [-0.2, -0.15) is 0 Å². The number of nitrogens with one attached hydrogen (secondary N) is 2. The fourth-order valence-electron chi connectivity index (χ4n) is 2.94. The summed E-state index contributed by atoms with van der Waals surface area (Å²) in [4.78, 5) is 21.8. The average molecular weight is 457 g/mol. The van der Waals surface area contributed by atoms with Crippen molar-refractivity contribution in [3.8, 4) is 0 Å². The van der Waals surface area contributed by atoms with Gasteiger partial charge in [0.1, 0.15) is 26.4 Å². The number of hydrogen-bond donors (Lipinski definition) is 2. The molecule has 0 heterocycles. The standard InChI is InChI=1S/C25H32N2O6/c1-5-29-15-17-31-24(28)27-23-13-9-21(10-14-23)25(3,4)20-7-11-22(12-8-20)26-19-33-32-18-16-30-6-2/h5-14,26H,1-2,15-19H2,3-4H3,(H,27,28). The molecule has 2 N–H and O–H groups in total. The Morgan fingerprint density at radius 1 is 0.818 bits per heavy atom. The topological polar surface area (TPSA) is 87.3 Å². The predicted molar refractivity (Wildman–Crippen MR) is 128 cm³/mol. The van der Waals surface area contributed by atoms with Crippen LogP contribution in [0.5, 0.6) is 0 Å². The number of rotatable bonds is 15. The molecule has 0 atom stereocenters. The molecule has 0 spiro atoms. The first-order chi connectivity index (χ1) is 16.0. The van der Waals surface area contributed by atoms with Crippen LogP contribution < -0.4 is 10.6 Å². The van der Waals surface area contributed by atoms with Gasteiger partial charge in [0.2, 0.25) is 0 Å². The van der Waals surface area contributed by atoms with Crippen LogP contribution >= 0.6 is 0 Å². The molecular weight excluding hydrogens is 424 g/mol. The highest BCUT2D eigenvalue weighted by Crippen LogP contribution is 2.32. The molecule has 0 saturated carbocycles. The summed E-state index contributed by atoms with van der Waals surface area (Å²) in [7, 11) is 0. The van der Waals surface area contributed by atoms with Crippen molar-refractivity contribution in [3.05, 3.63) is 85.3 Å². The molecule has 0 saturated heterocycles. The zero-order valence-electron chi connectivity index (χ0n) is 19.2. The third-order valence-corrected chi connectivity index (χ3v) is 4.83. The van der Waals surface area contributed by atoms with E-state index >= 15 is 0 Å². The number of carbonyl (C=O) groups is 1. The third kappa shape index (κ3) is 8.88. The van der Waals surface area contributed by atoms with Crippen LogP contribution in [0.1, 0.15) is 25.0 Å². The lowest BCUT2D eigenvalue weighted by Gasteiger charge is -2.26. The first-order valence-corrected chi connectivity index (χ1v) is 10.6. The Labute approximate surface area is 195 Å². The van der Waals surface area contributed by atoms with Crippen LogP contribution in [-0.4, -0.2) is 39.3 Å². The highest BCUT2D eigenvalue weighted by Gasteiger charge is 2.23. The molecule has 0 bridgehead atoms. The van der Waals surface area contributed by atoms with Crippen LogP contribution in [0, 0.1) is 0 Å². The van der Waals surface area contributed by atoms with Gasteiger partial charge in [0.05, 0.1) is 12.5 Å². The van der Waals surface area contributed by atoms with Gasteiger partial charge in [-0.25, -0.2) is 14.6 Å². The fraction of sp³-hybridized carbons (Fsp3) is 0.320. The lowest BCUT2D eigenvalue weighted by molar-refractivity contribution is -0.292. The van der Waals surface area contributed by atoms with E-state index < -0.39 is 6.09 Å². The molecule has 8 heteroatoms. The van der Waals surface area contributed by atoms with Gasteiger partial charge >= 0.3 is 6.09 Å². The van der Waals surface area contributed by atoms with E-state index in [4.69, 9.17) is 24.0 Å². The lowest BCUT2D eigenvalue weighted by Crippen LogP contribution is -2.19. The highest BCUT2D eigenvalue weighted by molar-refractivity contribution is 5.84. The molecule has 33 heavy (non-hydrogen) atoms. The van der Waals surface area contributed by atoms with Crippen molar-refractivity contribution in [2.24, 2.45) is 0 Å². The van der Waals surface area contributed by atoms with Gasteiger partial charge in [-0.3, -0.25) is 5.32 Å². The number of hydrogen-bond acceptors (Lipinski definition) is 7. The fourth-order valence-corrected chi connectivity index (χ4v) is 2.94. The number of carbonyl (C=O) groups excluding carboxylic acids is 1. The molecule has 2 aromatic carbocycles. The quantitative estimate of drug-likeness (QED) is 0.125. The molecule has 0 fully saturated rings. The van der Waals surface area contributed by atoms with Crippen molar-refractivity contribution in [1.29, 1.82) is 0 Å². The Kier molecular flexibility index (Phi) is 10.8. The van der Waals surface area contributed by atoms with Crippen LogP contribution in [0.25, 0.3) is 0 Å². The summed E-state index contributed by atoms with van der Waals surface area (Å²) in [6.07, 6.45) is 2.13. The van der Waals surface area contributed by atoms with Crippen molar-refractivity contribution in [3.63, 3.8) is 0 Å². The van der Waals surface area contributed by atoms with Crippen LogP contribution in [-0.2, 0) is 29.4 Å². The van der Waals surface area contributed by atoms with Crippen LogP contribution in [0.15, 0.2) is 74.2 Å². The molecule has 178 valence electrons. The second kappa shape index (κ2) is 13.8. The minimum atomic E-state index is -0.530. The Bertz CT molecular complexity index is 865. The number of ether oxygens (including phenoxy) is 3. The van der Waals surface area contributed by atoms with Crippen molar-refractivity contribution < 1.29 is 28.8 Å². The number of amides is 1. The van der Waals surface area contributed by atoms with Gasteiger partial charge in [0, 0.05) is 16.8 Å². The van der Waals surface area contributed by atoms with E-state index in [2.05, 4.69) is 49.8 Å². The van der Waals surface area contributed by atoms with Gasteiger partial charge in [-0.05, 0) is 35.4 Å². The summed E-state index contributed by atoms with van der Waals surface area (Å²) in [5, 5.41) is 5.83. The molecule has 0 aliphatic rings. The SMILES string of the molecule is C=COCCOOCNc1ccc(C(C)(C)c2ccc(NC(=O)OCCOC=C)cc2)cc1. The van der Waals surface area contributed by atoms with E-state index in [-0.39, 0.29) is 25.4 Å². The van der Waals surface area contributed by atoms with Crippen LogP contribution in [0.2, 0.25) is 0 Å². The Hall–Kier alpha value is -3.49. The first-order valence-electron chi connectivity index (χ1n) is 10.6. The maximum Gasteiger partial charge on any atom is 0.411 e. The summed E-state index contributed by atoms with van der Waals surface area (Å²) in [6.45, 7) is 12.5. The Morgan fingerprint density at radius 2 is 1.36 bits per heavy atom. The van der Waals surface area contributed by atoms with E-state index in [0.29, 0.717) is 18.9 Å². The maximum atomic E-state index is 11.8. The summed E-state index contributed by atoms with van der Waals surface area (Å²) in [6, 6.07) is 15.8. The minimum absolute atomic E-state index is 0.150. The highest BCUT2D eigenvalue weighted by atomic mass is 17.2. The van der Waals surface area contributed by atoms with Crippen LogP contribution in [0.3, 0.4) is 0 Å². The van der Waals surface area contributed by atoms with Gasteiger partial charge in [0.15, 0.2) is 6.73 Å². The minimum Gasteiger partial charge on any atom is -0.499 e. The average Bonchev–Trinajstić information content (AvgIpc) is 2.82. The van der Waals surface area contributed by atoms with E-state index in [0.717, 1.165) is 16.8 Å². The third-order valence-electron chi connectivity index (χ3n) is 4.83. The maximum absolute atomic E-state index is 11.8. The molecule has 0 radical (unpaired) electrons. The summed E-state index contributed by atoms with van der Waals surface area (Å²) in [5.74, 6) is 0. The Morgan fingerprint density at radius 3 is 1.94 bits per heavy atom. The van der Waals surface area contributed by atoms with Crippen molar-refractivity contribution >= 4 is 17.5 Å². The second-order valence-electron chi connectivity index (χ2n) is 7.38. The molecular formula is C25H32N2O6. The van der Waals surface area contributed by atoms with E-state index in [9.17, 15) is 4.79 Å². The molecule has 0 aromatic heterocycles. The molecule has 0 aliphatic heterocycles. The normalized spacial score (nSPS) is 10.7. The zero-order chi connectivity index (χ0) is 23.9. The molecule has 2 rings (SSSR count). The summed E-state index contributed by atoms with van der Waals surface area (Å²) >= 11 is 0. The van der Waals surface area contributed by atoms with Crippen molar-refractivity contribution in [1.82, 2.24) is 0 Å². The van der Waals surface area contributed by atoms with E-state index in [1.165, 1.54) is 12.5 Å². The van der Waals surface area contributed by atoms with E-state index in [1.54, 1.807) is 0 Å². The molecule has 2 aromatic rings. The first kappa shape index (κ1) is 25.8. The predicted octanol–water partition coefficient (Wildman–Crippen LogP) is 5.20. The molecule has 0 aliphatic carbocycles. The van der Waals surface area contributed by atoms with Gasteiger partial charge in [-0.15, -0.1) is 0 Å². The van der Waals surface area contributed by atoms with Gasteiger partial charge < -0.3 is 19.5 Å². The smallest absolute Gasteiger partial charge is 0.411 e. The zero-order valence-corrected chi connectivity index (χ0v) is 19.2. The lowest BCUT2D eigenvalue weighted by atomic mass is 9.78. The number of benzene rings is 2.